The standard InChI is InChI=1S/C12H12N2O2/c1-2-14-11(10(8-13)12(15)16)9-6-4-3-5-7-9/h3-7,14H,2H2,1H3,(H,15,16). The molecule has 0 radical (unpaired) electrons. The first-order valence-corrected chi connectivity index (χ1v) is 4.87. The van der Waals surface area contributed by atoms with Crippen molar-refractivity contribution in [3.05, 3.63) is 41.5 Å². The van der Waals surface area contributed by atoms with E-state index in [0.29, 0.717) is 17.8 Å². The molecular weight excluding hydrogens is 204 g/mol. The van der Waals surface area contributed by atoms with E-state index in [4.69, 9.17) is 10.4 Å². The van der Waals surface area contributed by atoms with Crippen LogP contribution in [0.15, 0.2) is 35.9 Å². The van der Waals surface area contributed by atoms with Crippen molar-refractivity contribution in [1.29, 1.82) is 5.26 Å². The van der Waals surface area contributed by atoms with Crippen LogP contribution < -0.4 is 5.32 Å². The molecule has 0 atom stereocenters. The molecule has 0 heterocycles. The highest BCUT2D eigenvalue weighted by molar-refractivity contribution is 6.00. The third-order valence-electron chi connectivity index (χ3n) is 1.99. The van der Waals surface area contributed by atoms with Gasteiger partial charge in [-0.1, -0.05) is 30.3 Å². The molecule has 0 unspecified atom stereocenters. The smallest absolute Gasteiger partial charge is 0.348 e. The molecular formula is C12H12N2O2. The fourth-order valence-electron chi connectivity index (χ4n) is 1.33. The molecule has 0 aliphatic heterocycles. The minimum atomic E-state index is -1.22. The van der Waals surface area contributed by atoms with Crippen LogP contribution in [0.25, 0.3) is 5.70 Å². The van der Waals surface area contributed by atoms with E-state index in [1.54, 1.807) is 30.3 Å². The van der Waals surface area contributed by atoms with Crippen LogP contribution in [0.3, 0.4) is 0 Å². The summed E-state index contributed by atoms with van der Waals surface area (Å²) in [5.41, 5.74) is 0.787. The normalized spacial score (nSPS) is 11.2. The minimum Gasteiger partial charge on any atom is -0.477 e. The van der Waals surface area contributed by atoms with Crippen LogP contribution in [0.1, 0.15) is 12.5 Å². The average Bonchev–Trinajstić information content (AvgIpc) is 2.29. The average molecular weight is 216 g/mol. The van der Waals surface area contributed by atoms with Crippen LogP contribution in [0.5, 0.6) is 0 Å². The number of carbonyl (C=O) groups is 1. The van der Waals surface area contributed by atoms with E-state index in [9.17, 15) is 4.79 Å². The fourth-order valence-corrected chi connectivity index (χ4v) is 1.33. The van der Waals surface area contributed by atoms with Crippen LogP contribution in [0.4, 0.5) is 0 Å². The Morgan fingerprint density at radius 3 is 2.50 bits per heavy atom. The molecule has 0 aliphatic rings. The second kappa shape index (κ2) is 5.56. The van der Waals surface area contributed by atoms with Crippen molar-refractivity contribution in [2.24, 2.45) is 0 Å². The molecule has 0 aliphatic carbocycles. The van der Waals surface area contributed by atoms with E-state index in [0.717, 1.165) is 0 Å². The Morgan fingerprint density at radius 1 is 1.44 bits per heavy atom. The lowest BCUT2D eigenvalue weighted by molar-refractivity contribution is -0.132. The molecule has 16 heavy (non-hydrogen) atoms. The quantitative estimate of drug-likeness (QED) is 0.592. The molecule has 82 valence electrons. The minimum absolute atomic E-state index is 0.270. The van der Waals surface area contributed by atoms with Crippen LogP contribution >= 0.6 is 0 Å². The number of nitriles is 1. The third kappa shape index (κ3) is 2.61. The third-order valence-corrected chi connectivity index (χ3v) is 1.99. The summed E-state index contributed by atoms with van der Waals surface area (Å²) < 4.78 is 0. The van der Waals surface area contributed by atoms with Crippen molar-refractivity contribution in [2.45, 2.75) is 6.92 Å². The summed E-state index contributed by atoms with van der Waals surface area (Å²) >= 11 is 0. The first-order valence-electron chi connectivity index (χ1n) is 4.87. The predicted octanol–water partition coefficient (Wildman–Crippen LogP) is 1.62. The van der Waals surface area contributed by atoms with Crippen LogP contribution in [-0.4, -0.2) is 17.6 Å². The number of hydrogen-bond donors (Lipinski definition) is 2. The van der Waals surface area contributed by atoms with E-state index in [1.165, 1.54) is 0 Å². The number of carboxylic acid groups (broad SMARTS) is 1. The van der Waals surface area contributed by atoms with Gasteiger partial charge in [0.15, 0.2) is 5.57 Å². The van der Waals surface area contributed by atoms with Crippen molar-refractivity contribution in [1.82, 2.24) is 5.32 Å². The molecule has 0 spiro atoms. The second-order valence-corrected chi connectivity index (χ2v) is 3.06. The van der Waals surface area contributed by atoms with E-state index in [2.05, 4.69) is 5.32 Å². The Bertz CT molecular complexity index is 444. The van der Waals surface area contributed by atoms with Gasteiger partial charge in [0.05, 0.1) is 5.70 Å². The van der Waals surface area contributed by atoms with Crippen LogP contribution in [0.2, 0.25) is 0 Å². The molecule has 1 rings (SSSR count). The SMILES string of the molecule is CCNC(=C(C#N)C(=O)O)c1ccccc1. The second-order valence-electron chi connectivity index (χ2n) is 3.06. The number of benzene rings is 1. The maximum absolute atomic E-state index is 10.9. The van der Waals surface area contributed by atoms with Crippen molar-refractivity contribution >= 4 is 11.7 Å². The Labute approximate surface area is 93.8 Å². The van der Waals surface area contributed by atoms with E-state index >= 15 is 0 Å². The van der Waals surface area contributed by atoms with Gasteiger partial charge in [-0.25, -0.2) is 4.79 Å². The van der Waals surface area contributed by atoms with Crippen LogP contribution in [0, 0.1) is 11.3 Å². The van der Waals surface area contributed by atoms with Crippen molar-refractivity contribution in [3.63, 3.8) is 0 Å². The lowest BCUT2D eigenvalue weighted by Crippen LogP contribution is -2.16. The molecule has 0 amide bonds. The summed E-state index contributed by atoms with van der Waals surface area (Å²) in [6.07, 6.45) is 0. The molecule has 1 aromatic rings. The van der Waals surface area contributed by atoms with Gasteiger partial charge in [-0.2, -0.15) is 5.26 Å². The monoisotopic (exact) mass is 216 g/mol. The van der Waals surface area contributed by atoms with Crippen LogP contribution in [-0.2, 0) is 4.79 Å². The molecule has 4 heteroatoms. The number of nitrogens with zero attached hydrogens (tertiary/aromatic N) is 1. The van der Waals surface area contributed by atoms with E-state index < -0.39 is 5.97 Å². The zero-order chi connectivity index (χ0) is 12.0. The van der Waals surface area contributed by atoms with Crippen molar-refractivity contribution < 1.29 is 9.90 Å². The van der Waals surface area contributed by atoms with Crippen molar-refractivity contribution in [2.75, 3.05) is 6.54 Å². The Kier molecular flexibility index (Phi) is 4.10. The van der Waals surface area contributed by atoms with Gasteiger partial charge in [-0.3, -0.25) is 0 Å². The zero-order valence-corrected chi connectivity index (χ0v) is 8.90. The van der Waals surface area contributed by atoms with E-state index in [-0.39, 0.29) is 5.57 Å². The summed E-state index contributed by atoms with van der Waals surface area (Å²) in [7, 11) is 0. The van der Waals surface area contributed by atoms with Gasteiger partial charge in [-0.05, 0) is 12.5 Å². The number of rotatable bonds is 4. The first-order chi connectivity index (χ1) is 7.70. The molecule has 0 aromatic heterocycles. The first kappa shape index (κ1) is 11.8. The summed E-state index contributed by atoms with van der Waals surface area (Å²) in [6, 6.07) is 10.7. The molecule has 2 N–H and O–H groups in total. The summed E-state index contributed by atoms with van der Waals surface area (Å²) in [5.74, 6) is -1.22. The van der Waals surface area contributed by atoms with Crippen molar-refractivity contribution in [3.8, 4) is 6.07 Å². The summed E-state index contributed by atoms with van der Waals surface area (Å²) in [5, 5.41) is 20.6. The summed E-state index contributed by atoms with van der Waals surface area (Å²) in [4.78, 5) is 10.9. The molecule has 0 saturated heterocycles. The fraction of sp³-hybridized carbons (Fsp3) is 0.167. The predicted molar refractivity (Wildman–Crippen MR) is 60.3 cm³/mol. The van der Waals surface area contributed by atoms with E-state index in [1.807, 2.05) is 13.0 Å². The Balaban J connectivity index is 3.29. The lowest BCUT2D eigenvalue weighted by Gasteiger charge is -2.10. The molecule has 0 saturated carbocycles. The highest BCUT2D eigenvalue weighted by Gasteiger charge is 2.14. The highest BCUT2D eigenvalue weighted by Crippen LogP contribution is 2.15. The summed E-state index contributed by atoms with van der Waals surface area (Å²) in [6.45, 7) is 2.41. The molecule has 4 nitrogen and oxygen atoms in total. The lowest BCUT2D eigenvalue weighted by atomic mass is 10.1. The molecule has 1 aromatic carbocycles. The van der Waals surface area contributed by atoms with Gasteiger partial charge < -0.3 is 10.4 Å². The zero-order valence-electron chi connectivity index (χ0n) is 8.90. The largest absolute Gasteiger partial charge is 0.477 e. The number of aliphatic carboxylic acids is 1. The van der Waals surface area contributed by atoms with Gasteiger partial charge in [0, 0.05) is 6.54 Å². The van der Waals surface area contributed by atoms with Gasteiger partial charge in [0.1, 0.15) is 6.07 Å². The maximum Gasteiger partial charge on any atom is 0.348 e. The number of carboxylic acids is 1. The van der Waals surface area contributed by atoms with Gasteiger partial charge in [0.25, 0.3) is 0 Å². The number of nitrogens with one attached hydrogen (secondary N) is 1. The Morgan fingerprint density at radius 2 is 2.06 bits per heavy atom. The molecule has 0 bridgehead atoms. The topological polar surface area (TPSA) is 73.1 Å². The van der Waals surface area contributed by atoms with Gasteiger partial charge in [-0.15, -0.1) is 0 Å². The Hall–Kier alpha value is -2.28. The van der Waals surface area contributed by atoms with Gasteiger partial charge in [0.2, 0.25) is 0 Å². The van der Waals surface area contributed by atoms with Gasteiger partial charge >= 0.3 is 5.97 Å². The molecule has 0 fully saturated rings. The maximum atomic E-state index is 10.9. The number of hydrogen-bond acceptors (Lipinski definition) is 3. The highest BCUT2D eigenvalue weighted by atomic mass is 16.4.